The Labute approximate surface area is 179 Å². The van der Waals surface area contributed by atoms with E-state index >= 15 is 0 Å². The minimum atomic E-state index is 0. The quantitative estimate of drug-likeness (QED) is 0.614. The van der Waals surface area contributed by atoms with E-state index in [1.807, 2.05) is 0 Å². The fourth-order valence-electron chi connectivity index (χ4n) is 3.77. The van der Waals surface area contributed by atoms with E-state index < -0.39 is 0 Å². The number of hydrogen-bond acceptors (Lipinski definition) is 4. The van der Waals surface area contributed by atoms with Gasteiger partial charge in [-0.15, -0.1) is 24.0 Å². The molecule has 2 heterocycles. The summed E-state index contributed by atoms with van der Waals surface area (Å²) in [6.45, 7) is 5.51. The first kappa shape index (κ1) is 20.1. The van der Waals surface area contributed by atoms with E-state index in [-0.39, 0.29) is 30.1 Å². The molecule has 0 bridgehead atoms. The van der Waals surface area contributed by atoms with Crippen LogP contribution in [0.3, 0.4) is 0 Å². The third-order valence-corrected chi connectivity index (χ3v) is 5.14. The molecule has 4 rings (SSSR count). The SMILES string of the molecule is I.c1ccc(CCC2CN(C3=NCCN3Cc3ccccc3)CCO2)cc1. The van der Waals surface area contributed by atoms with Crippen LogP contribution in [0.1, 0.15) is 17.5 Å². The van der Waals surface area contributed by atoms with E-state index in [1.54, 1.807) is 0 Å². The van der Waals surface area contributed by atoms with Crippen LogP contribution in [0, 0.1) is 0 Å². The summed E-state index contributed by atoms with van der Waals surface area (Å²) in [5.74, 6) is 1.15. The fraction of sp³-hybridized carbons (Fsp3) is 0.409. The molecule has 0 spiro atoms. The molecule has 2 aliphatic rings. The Bertz CT molecular complexity index is 723. The van der Waals surface area contributed by atoms with Crippen molar-refractivity contribution >= 4 is 29.9 Å². The summed E-state index contributed by atoms with van der Waals surface area (Å²) in [7, 11) is 0. The van der Waals surface area contributed by atoms with Crippen LogP contribution >= 0.6 is 24.0 Å². The molecule has 1 atom stereocenters. The zero-order chi connectivity index (χ0) is 17.6. The van der Waals surface area contributed by atoms with Crippen LogP contribution < -0.4 is 0 Å². The Morgan fingerprint density at radius 1 is 0.926 bits per heavy atom. The molecule has 144 valence electrons. The van der Waals surface area contributed by atoms with E-state index in [0.717, 1.165) is 58.1 Å². The highest BCUT2D eigenvalue weighted by Gasteiger charge is 2.28. The molecule has 2 aromatic carbocycles. The highest BCUT2D eigenvalue weighted by atomic mass is 127. The molecule has 5 heteroatoms. The van der Waals surface area contributed by atoms with Crippen LogP contribution in [0.2, 0.25) is 0 Å². The molecule has 0 aromatic heterocycles. The molecule has 0 saturated carbocycles. The lowest BCUT2D eigenvalue weighted by Gasteiger charge is -2.37. The van der Waals surface area contributed by atoms with Gasteiger partial charge in [0.25, 0.3) is 0 Å². The highest BCUT2D eigenvalue weighted by molar-refractivity contribution is 14.0. The predicted octanol–water partition coefficient (Wildman–Crippen LogP) is 3.81. The number of nitrogens with zero attached hydrogens (tertiary/aromatic N) is 3. The summed E-state index contributed by atoms with van der Waals surface area (Å²) in [5, 5.41) is 0. The van der Waals surface area contributed by atoms with E-state index in [4.69, 9.17) is 9.73 Å². The lowest BCUT2D eigenvalue weighted by Crippen LogP contribution is -2.50. The largest absolute Gasteiger partial charge is 0.375 e. The second kappa shape index (κ2) is 10.1. The van der Waals surface area contributed by atoms with Crippen LogP contribution in [0.15, 0.2) is 65.7 Å². The summed E-state index contributed by atoms with van der Waals surface area (Å²) in [6, 6.07) is 21.4. The van der Waals surface area contributed by atoms with Gasteiger partial charge in [-0.3, -0.25) is 4.99 Å². The Morgan fingerprint density at radius 3 is 2.37 bits per heavy atom. The Kier molecular flexibility index (Phi) is 7.52. The third-order valence-electron chi connectivity index (χ3n) is 5.14. The Hall–Kier alpha value is -1.60. The van der Waals surface area contributed by atoms with Gasteiger partial charge in [-0.2, -0.15) is 0 Å². The predicted molar refractivity (Wildman–Crippen MR) is 121 cm³/mol. The second-order valence-corrected chi connectivity index (χ2v) is 7.05. The zero-order valence-electron chi connectivity index (χ0n) is 15.7. The molecular weight excluding hydrogens is 449 g/mol. The first-order valence-corrected chi connectivity index (χ1v) is 9.62. The van der Waals surface area contributed by atoms with E-state index in [2.05, 4.69) is 70.5 Å². The summed E-state index contributed by atoms with van der Waals surface area (Å²) >= 11 is 0. The maximum atomic E-state index is 6.03. The maximum absolute atomic E-state index is 6.03. The van der Waals surface area contributed by atoms with Crippen molar-refractivity contribution in [1.82, 2.24) is 9.80 Å². The number of guanidine groups is 1. The first-order valence-electron chi connectivity index (χ1n) is 9.62. The summed E-state index contributed by atoms with van der Waals surface area (Å²) < 4.78 is 6.03. The van der Waals surface area contributed by atoms with Crippen molar-refractivity contribution in [3.8, 4) is 0 Å². The van der Waals surface area contributed by atoms with Crippen molar-refractivity contribution in [3.63, 3.8) is 0 Å². The highest BCUT2D eigenvalue weighted by Crippen LogP contribution is 2.17. The average Bonchev–Trinajstić information content (AvgIpc) is 3.16. The maximum Gasteiger partial charge on any atom is 0.197 e. The van der Waals surface area contributed by atoms with Gasteiger partial charge in [-0.05, 0) is 24.0 Å². The van der Waals surface area contributed by atoms with Crippen molar-refractivity contribution in [3.05, 3.63) is 71.8 Å². The van der Waals surface area contributed by atoms with Crippen molar-refractivity contribution in [2.45, 2.75) is 25.5 Å². The lowest BCUT2D eigenvalue weighted by atomic mass is 10.1. The smallest absolute Gasteiger partial charge is 0.197 e. The van der Waals surface area contributed by atoms with Gasteiger partial charge >= 0.3 is 0 Å². The zero-order valence-corrected chi connectivity index (χ0v) is 18.0. The summed E-state index contributed by atoms with van der Waals surface area (Å²) in [6.07, 6.45) is 2.41. The molecule has 2 aromatic rings. The van der Waals surface area contributed by atoms with Gasteiger partial charge in [0.2, 0.25) is 0 Å². The molecule has 1 unspecified atom stereocenters. The molecule has 1 saturated heterocycles. The van der Waals surface area contributed by atoms with Crippen molar-refractivity contribution in [2.75, 3.05) is 32.8 Å². The number of ether oxygens (including phenoxy) is 1. The van der Waals surface area contributed by atoms with Crippen molar-refractivity contribution < 1.29 is 4.74 Å². The number of hydrogen-bond donors (Lipinski definition) is 0. The molecule has 0 radical (unpaired) electrons. The Balaban J connectivity index is 0.00000210. The molecular formula is C22H28IN3O. The lowest BCUT2D eigenvalue weighted by molar-refractivity contribution is -0.0125. The van der Waals surface area contributed by atoms with Crippen LogP contribution in [0.5, 0.6) is 0 Å². The molecule has 0 N–H and O–H groups in total. The topological polar surface area (TPSA) is 28.1 Å². The molecule has 4 nitrogen and oxygen atoms in total. The van der Waals surface area contributed by atoms with Crippen molar-refractivity contribution in [1.29, 1.82) is 0 Å². The molecule has 27 heavy (non-hydrogen) atoms. The van der Waals surface area contributed by atoms with Gasteiger partial charge < -0.3 is 14.5 Å². The molecule has 0 aliphatic carbocycles. The van der Waals surface area contributed by atoms with Crippen LogP contribution in [0.4, 0.5) is 0 Å². The minimum Gasteiger partial charge on any atom is -0.375 e. The van der Waals surface area contributed by atoms with Crippen LogP contribution in [-0.2, 0) is 17.7 Å². The van der Waals surface area contributed by atoms with Gasteiger partial charge in [-0.1, -0.05) is 60.7 Å². The third kappa shape index (κ3) is 5.45. The van der Waals surface area contributed by atoms with Gasteiger partial charge in [0.05, 0.1) is 19.3 Å². The second-order valence-electron chi connectivity index (χ2n) is 7.05. The van der Waals surface area contributed by atoms with E-state index in [9.17, 15) is 0 Å². The minimum absolute atomic E-state index is 0. The van der Waals surface area contributed by atoms with Crippen molar-refractivity contribution in [2.24, 2.45) is 4.99 Å². The van der Waals surface area contributed by atoms with E-state index in [1.165, 1.54) is 11.1 Å². The fourth-order valence-corrected chi connectivity index (χ4v) is 3.77. The van der Waals surface area contributed by atoms with Gasteiger partial charge in [0, 0.05) is 26.2 Å². The number of aliphatic imine (C=N–C) groups is 1. The average molecular weight is 477 g/mol. The monoisotopic (exact) mass is 477 g/mol. The van der Waals surface area contributed by atoms with Crippen LogP contribution in [-0.4, -0.2) is 54.6 Å². The summed E-state index contributed by atoms with van der Waals surface area (Å²) in [4.78, 5) is 9.64. The normalized spacial score (nSPS) is 19.6. The number of aryl methyl sites for hydroxylation is 1. The first-order chi connectivity index (χ1) is 12.9. The number of morpholine rings is 1. The number of rotatable bonds is 5. The summed E-state index contributed by atoms with van der Waals surface area (Å²) in [5.41, 5.74) is 2.73. The van der Waals surface area contributed by atoms with Crippen LogP contribution in [0.25, 0.3) is 0 Å². The Morgan fingerprint density at radius 2 is 1.63 bits per heavy atom. The van der Waals surface area contributed by atoms with Gasteiger partial charge in [0.1, 0.15) is 0 Å². The number of benzene rings is 2. The number of halogens is 1. The van der Waals surface area contributed by atoms with Gasteiger partial charge in [0.15, 0.2) is 5.96 Å². The molecule has 0 amide bonds. The van der Waals surface area contributed by atoms with Gasteiger partial charge in [-0.25, -0.2) is 0 Å². The standard InChI is InChI=1S/C22H27N3O.HI/c1-3-7-19(8-4-1)11-12-21-18-25(15-16-26-21)22-23-13-14-24(22)17-20-9-5-2-6-10-20;/h1-10,21H,11-18H2;1H. The van der Waals surface area contributed by atoms with E-state index in [0.29, 0.717) is 0 Å². The molecule has 1 fully saturated rings. The molecule has 2 aliphatic heterocycles.